The highest BCUT2D eigenvalue weighted by Gasteiger charge is 2.20. The Morgan fingerprint density at radius 2 is 2.20 bits per heavy atom. The van der Waals surface area contributed by atoms with Gasteiger partial charge in [0.2, 0.25) is 0 Å². The average Bonchev–Trinajstić information content (AvgIpc) is 2.79. The van der Waals surface area contributed by atoms with Crippen molar-refractivity contribution in [3.63, 3.8) is 0 Å². The van der Waals surface area contributed by atoms with Crippen molar-refractivity contribution >= 4 is 5.91 Å². The lowest BCUT2D eigenvalue weighted by atomic mass is 9.95. The fourth-order valence-corrected chi connectivity index (χ4v) is 2.63. The minimum absolute atomic E-state index is 0.0598. The Labute approximate surface area is 117 Å². The number of carbonyl (C=O) groups excluding carboxylic acids is 1. The summed E-state index contributed by atoms with van der Waals surface area (Å²) >= 11 is 0. The van der Waals surface area contributed by atoms with Crippen molar-refractivity contribution in [2.75, 3.05) is 6.54 Å². The molecule has 1 atom stereocenters. The van der Waals surface area contributed by atoms with Crippen LogP contribution in [-0.2, 0) is 6.42 Å². The zero-order valence-corrected chi connectivity index (χ0v) is 11.3. The number of aliphatic hydroxyl groups is 1. The van der Waals surface area contributed by atoms with Crippen LogP contribution in [0.1, 0.15) is 45.3 Å². The van der Waals surface area contributed by atoms with Crippen LogP contribution in [0.15, 0.2) is 34.9 Å². The number of aryl methyl sites for hydroxylation is 2. The molecule has 2 aromatic rings. The third-order valence-electron chi connectivity index (χ3n) is 3.80. The van der Waals surface area contributed by atoms with Crippen LogP contribution in [0, 0.1) is 6.92 Å². The van der Waals surface area contributed by atoms with E-state index in [-0.39, 0.29) is 5.91 Å². The van der Waals surface area contributed by atoms with E-state index in [4.69, 9.17) is 4.42 Å². The highest BCUT2D eigenvalue weighted by Crippen LogP contribution is 2.27. The van der Waals surface area contributed by atoms with Gasteiger partial charge in [-0.1, -0.05) is 12.1 Å². The molecule has 0 bridgehead atoms. The number of hydrogen-bond acceptors (Lipinski definition) is 3. The van der Waals surface area contributed by atoms with Crippen LogP contribution in [0.5, 0.6) is 0 Å². The summed E-state index contributed by atoms with van der Waals surface area (Å²) in [6.45, 7) is 2.51. The summed E-state index contributed by atoms with van der Waals surface area (Å²) in [6, 6.07) is 7.36. The van der Waals surface area contributed by atoms with Crippen molar-refractivity contribution < 1.29 is 14.3 Å². The predicted molar refractivity (Wildman–Crippen MR) is 74.6 cm³/mol. The summed E-state index contributed by atoms with van der Waals surface area (Å²) in [7, 11) is 0. The molecule has 1 aliphatic heterocycles. The molecule has 4 heteroatoms. The highest BCUT2D eigenvalue weighted by molar-refractivity contribution is 5.96. The third kappa shape index (κ3) is 2.23. The number of hydrogen-bond donors (Lipinski definition) is 2. The standard InChI is InChI=1S/C16H17NO3/c1-10-13(6-8-20-10)15(18)12-5-4-11-3-2-7-17-16(19)14(11)9-12/h4-6,8-9,15,18H,2-3,7H2,1H3,(H,17,19). The van der Waals surface area contributed by atoms with Crippen molar-refractivity contribution in [2.45, 2.75) is 25.9 Å². The number of fused-ring (bicyclic) bond motifs is 1. The maximum atomic E-state index is 12.0. The van der Waals surface area contributed by atoms with E-state index in [1.807, 2.05) is 19.1 Å². The summed E-state index contributed by atoms with van der Waals surface area (Å²) in [6.07, 6.45) is 2.62. The van der Waals surface area contributed by atoms with Crippen LogP contribution in [0.3, 0.4) is 0 Å². The first-order valence-electron chi connectivity index (χ1n) is 6.80. The second-order valence-corrected chi connectivity index (χ2v) is 5.11. The van der Waals surface area contributed by atoms with Crippen molar-refractivity contribution in [1.82, 2.24) is 5.32 Å². The molecular formula is C16H17NO3. The van der Waals surface area contributed by atoms with E-state index in [0.717, 1.165) is 24.0 Å². The molecule has 0 aliphatic carbocycles. The molecule has 3 rings (SSSR count). The molecular weight excluding hydrogens is 254 g/mol. The molecule has 0 spiro atoms. The Morgan fingerprint density at radius 3 is 2.95 bits per heavy atom. The number of amides is 1. The van der Waals surface area contributed by atoms with Gasteiger partial charge in [0.1, 0.15) is 11.9 Å². The van der Waals surface area contributed by atoms with Crippen molar-refractivity contribution in [1.29, 1.82) is 0 Å². The van der Waals surface area contributed by atoms with Crippen molar-refractivity contribution in [2.24, 2.45) is 0 Å². The summed E-state index contributed by atoms with van der Waals surface area (Å²) in [5.74, 6) is 0.632. The van der Waals surface area contributed by atoms with E-state index < -0.39 is 6.10 Å². The first-order chi connectivity index (χ1) is 9.66. The third-order valence-corrected chi connectivity index (χ3v) is 3.80. The molecule has 1 amide bonds. The Morgan fingerprint density at radius 1 is 1.35 bits per heavy atom. The van der Waals surface area contributed by atoms with Gasteiger partial charge in [0.05, 0.1) is 6.26 Å². The Balaban J connectivity index is 2.00. The topological polar surface area (TPSA) is 62.5 Å². The van der Waals surface area contributed by atoms with E-state index >= 15 is 0 Å². The quantitative estimate of drug-likeness (QED) is 0.881. The first kappa shape index (κ1) is 12.9. The summed E-state index contributed by atoms with van der Waals surface area (Å²) < 4.78 is 5.22. The van der Waals surface area contributed by atoms with E-state index in [1.54, 1.807) is 18.4 Å². The maximum absolute atomic E-state index is 12.0. The van der Waals surface area contributed by atoms with Crippen molar-refractivity contribution in [3.05, 3.63) is 58.5 Å². The Kier molecular flexibility index (Phi) is 3.32. The molecule has 0 saturated heterocycles. The van der Waals surface area contributed by atoms with Gasteiger partial charge in [-0.05, 0) is 43.0 Å². The maximum Gasteiger partial charge on any atom is 0.251 e. The Hall–Kier alpha value is -2.07. The zero-order valence-electron chi connectivity index (χ0n) is 11.3. The van der Waals surface area contributed by atoms with Gasteiger partial charge in [-0.25, -0.2) is 0 Å². The molecule has 1 aromatic carbocycles. The molecule has 1 unspecified atom stereocenters. The lowest BCUT2D eigenvalue weighted by molar-refractivity contribution is 0.0956. The normalized spacial score (nSPS) is 16.2. The van der Waals surface area contributed by atoms with Crippen LogP contribution < -0.4 is 5.32 Å². The number of benzene rings is 1. The summed E-state index contributed by atoms with van der Waals surface area (Å²) in [5.41, 5.74) is 3.16. The van der Waals surface area contributed by atoms with E-state index in [0.29, 0.717) is 23.4 Å². The molecule has 0 radical (unpaired) electrons. The number of carbonyl (C=O) groups is 1. The molecule has 20 heavy (non-hydrogen) atoms. The van der Waals surface area contributed by atoms with Gasteiger partial charge >= 0.3 is 0 Å². The van der Waals surface area contributed by atoms with Crippen LogP contribution in [0.2, 0.25) is 0 Å². The second-order valence-electron chi connectivity index (χ2n) is 5.11. The number of nitrogens with one attached hydrogen (secondary N) is 1. The van der Waals surface area contributed by atoms with Gasteiger partial charge in [0, 0.05) is 17.7 Å². The van der Waals surface area contributed by atoms with Gasteiger partial charge in [0.25, 0.3) is 5.91 Å². The number of aliphatic hydroxyl groups excluding tert-OH is 1. The van der Waals surface area contributed by atoms with Crippen LogP contribution in [0.25, 0.3) is 0 Å². The summed E-state index contributed by atoms with van der Waals surface area (Å²) in [4.78, 5) is 12.0. The van der Waals surface area contributed by atoms with Gasteiger partial charge in [-0.15, -0.1) is 0 Å². The molecule has 4 nitrogen and oxygen atoms in total. The predicted octanol–water partition coefficient (Wildman–Crippen LogP) is 2.35. The second kappa shape index (κ2) is 5.13. The molecule has 0 fully saturated rings. The van der Waals surface area contributed by atoms with Gasteiger partial charge in [0.15, 0.2) is 0 Å². The molecule has 1 aromatic heterocycles. The van der Waals surface area contributed by atoms with Gasteiger partial charge < -0.3 is 14.8 Å². The lowest BCUT2D eigenvalue weighted by Crippen LogP contribution is -2.22. The molecule has 2 N–H and O–H groups in total. The first-order valence-corrected chi connectivity index (χ1v) is 6.80. The minimum atomic E-state index is -0.768. The highest BCUT2D eigenvalue weighted by atomic mass is 16.3. The lowest BCUT2D eigenvalue weighted by Gasteiger charge is -2.13. The van der Waals surface area contributed by atoms with Crippen LogP contribution in [-0.4, -0.2) is 17.6 Å². The Bertz CT molecular complexity index is 645. The van der Waals surface area contributed by atoms with Crippen LogP contribution >= 0.6 is 0 Å². The molecule has 0 saturated carbocycles. The number of furan rings is 1. The molecule has 1 aliphatic rings. The molecule has 104 valence electrons. The largest absolute Gasteiger partial charge is 0.469 e. The fraction of sp³-hybridized carbons (Fsp3) is 0.312. The molecule has 2 heterocycles. The van der Waals surface area contributed by atoms with Crippen LogP contribution in [0.4, 0.5) is 0 Å². The average molecular weight is 271 g/mol. The van der Waals surface area contributed by atoms with Crippen molar-refractivity contribution in [3.8, 4) is 0 Å². The van der Waals surface area contributed by atoms with E-state index in [9.17, 15) is 9.90 Å². The van der Waals surface area contributed by atoms with E-state index in [1.165, 1.54) is 0 Å². The number of rotatable bonds is 2. The smallest absolute Gasteiger partial charge is 0.251 e. The van der Waals surface area contributed by atoms with E-state index in [2.05, 4.69) is 5.32 Å². The minimum Gasteiger partial charge on any atom is -0.469 e. The fourth-order valence-electron chi connectivity index (χ4n) is 2.63. The monoisotopic (exact) mass is 271 g/mol. The van der Waals surface area contributed by atoms with Gasteiger partial charge in [-0.3, -0.25) is 4.79 Å². The zero-order chi connectivity index (χ0) is 14.1. The van der Waals surface area contributed by atoms with Gasteiger partial charge in [-0.2, -0.15) is 0 Å². The SMILES string of the molecule is Cc1occc1C(O)c1ccc2c(c1)C(=O)NCCC2. The summed E-state index contributed by atoms with van der Waals surface area (Å²) in [5, 5.41) is 13.3.